The maximum absolute atomic E-state index is 11.9. The molecule has 1 N–H and O–H groups in total. The zero-order valence-corrected chi connectivity index (χ0v) is 15.0. The van der Waals surface area contributed by atoms with E-state index in [-0.39, 0.29) is 11.7 Å². The number of ether oxygens (including phenoxy) is 3. The van der Waals surface area contributed by atoms with E-state index in [0.717, 1.165) is 5.56 Å². The number of nitrogens with one attached hydrogen (secondary N) is 1. The van der Waals surface area contributed by atoms with Crippen LogP contribution in [0.5, 0.6) is 17.2 Å². The molecule has 1 amide bonds. The molecule has 3 rings (SSSR count). The molecule has 2 heterocycles. The predicted molar refractivity (Wildman–Crippen MR) is 91.7 cm³/mol. The number of hydrogen-bond acceptors (Lipinski definition) is 7. The van der Waals surface area contributed by atoms with Gasteiger partial charge in [-0.3, -0.25) is 4.79 Å². The lowest BCUT2D eigenvalue weighted by molar-refractivity contribution is 0.0599. The van der Waals surface area contributed by atoms with Gasteiger partial charge >= 0.3 is 5.97 Å². The number of benzene rings is 1. The van der Waals surface area contributed by atoms with Crippen molar-refractivity contribution in [1.82, 2.24) is 15.3 Å². The SMILES string of the molecule is CNC(=O)c1ncc(Oc2cc(C(=O)OC)cc3c2CC(C)(C)O3)cn1. The lowest BCUT2D eigenvalue weighted by atomic mass is 10.00. The average molecular weight is 357 g/mol. The van der Waals surface area contributed by atoms with Crippen molar-refractivity contribution >= 4 is 11.9 Å². The number of fused-ring (bicyclic) bond motifs is 1. The first-order chi connectivity index (χ1) is 12.3. The first kappa shape index (κ1) is 17.7. The van der Waals surface area contributed by atoms with E-state index in [1.165, 1.54) is 26.6 Å². The largest absolute Gasteiger partial charge is 0.487 e. The quantitative estimate of drug-likeness (QED) is 0.837. The third-order valence-corrected chi connectivity index (χ3v) is 3.86. The lowest BCUT2D eigenvalue weighted by Gasteiger charge is -2.16. The van der Waals surface area contributed by atoms with E-state index in [0.29, 0.717) is 29.2 Å². The molecule has 0 spiro atoms. The third kappa shape index (κ3) is 3.44. The van der Waals surface area contributed by atoms with Crippen LogP contribution in [0.3, 0.4) is 0 Å². The van der Waals surface area contributed by atoms with E-state index < -0.39 is 11.6 Å². The fraction of sp³-hybridized carbons (Fsp3) is 0.333. The highest BCUT2D eigenvalue weighted by Crippen LogP contribution is 2.42. The van der Waals surface area contributed by atoms with E-state index >= 15 is 0 Å². The lowest BCUT2D eigenvalue weighted by Crippen LogP contribution is -2.24. The number of esters is 1. The smallest absolute Gasteiger partial charge is 0.338 e. The average Bonchev–Trinajstić information content (AvgIpc) is 2.95. The van der Waals surface area contributed by atoms with E-state index in [9.17, 15) is 9.59 Å². The molecule has 0 saturated heterocycles. The number of methoxy groups -OCH3 is 1. The Balaban J connectivity index is 1.95. The van der Waals surface area contributed by atoms with Gasteiger partial charge in [-0.2, -0.15) is 0 Å². The molecule has 0 saturated carbocycles. The molecule has 2 aromatic rings. The van der Waals surface area contributed by atoms with Crippen molar-refractivity contribution < 1.29 is 23.8 Å². The van der Waals surface area contributed by atoms with Crippen molar-refractivity contribution in [3.05, 3.63) is 41.5 Å². The second kappa shape index (κ2) is 6.62. The van der Waals surface area contributed by atoms with Gasteiger partial charge in [0.1, 0.15) is 17.1 Å². The van der Waals surface area contributed by atoms with Gasteiger partial charge in [-0.1, -0.05) is 0 Å². The molecule has 0 bridgehead atoms. The van der Waals surface area contributed by atoms with Crippen LogP contribution in [-0.4, -0.2) is 41.6 Å². The summed E-state index contributed by atoms with van der Waals surface area (Å²) in [7, 11) is 2.81. The van der Waals surface area contributed by atoms with Crippen LogP contribution in [0, 0.1) is 0 Å². The van der Waals surface area contributed by atoms with Gasteiger partial charge in [0.15, 0.2) is 5.75 Å². The summed E-state index contributed by atoms with van der Waals surface area (Å²) < 4.78 is 16.6. The highest BCUT2D eigenvalue weighted by Gasteiger charge is 2.34. The minimum absolute atomic E-state index is 0.0397. The van der Waals surface area contributed by atoms with Crippen molar-refractivity contribution in [2.75, 3.05) is 14.2 Å². The predicted octanol–water partition coefficient (Wildman–Crippen LogP) is 2.13. The van der Waals surface area contributed by atoms with Crippen LogP contribution >= 0.6 is 0 Å². The molecule has 0 unspecified atom stereocenters. The number of amides is 1. The second-order valence-electron chi connectivity index (χ2n) is 6.40. The Morgan fingerprint density at radius 2 is 1.92 bits per heavy atom. The number of rotatable bonds is 4. The van der Waals surface area contributed by atoms with Gasteiger partial charge in [0.2, 0.25) is 5.82 Å². The molecule has 1 aliphatic heterocycles. The molecule has 8 heteroatoms. The van der Waals surface area contributed by atoms with Crippen LogP contribution in [-0.2, 0) is 11.2 Å². The number of hydrogen-bond donors (Lipinski definition) is 1. The molecular formula is C18H19N3O5. The van der Waals surface area contributed by atoms with Gasteiger partial charge in [0.05, 0.1) is 25.1 Å². The first-order valence-corrected chi connectivity index (χ1v) is 7.99. The van der Waals surface area contributed by atoms with Crippen LogP contribution < -0.4 is 14.8 Å². The third-order valence-electron chi connectivity index (χ3n) is 3.86. The molecule has 0 fully saturated rings. The minimum atomic E-state index is -0.489. The summed E-state index contributed by atoms with van der Waals surface area (Å²) in [6.45, 7) is 3.91. The molecule has 0 aliphatic carbocycles. The molecule has 1 aliphatic rings. The maximum atomic E-state index is 11.9. The van der Waals surface area contributed by atoms with Gasteiger partial charge in [-0.15, -0.1) is 0 Å². The van der Waals surface area contributed by atoms with Crippen molar-refractivity contribution in [1.29, 1.82) is 0 Å². The summed E-state index contributed by atoms with van der Waals surface area (Å²) in [5, 5.41) is 2.45. The van der Waals surface area contributed by atoms with Crippen molar-refractivity contribution in [2.24, 2.45) is 0 Å². The van der Waals surface area contributed by atoms with Crippen LogP contribution in [0.15, 0.2) is 24.5 Å². The standard InChI is InChI=1S/C18H19N3O5/c1-18(2)7-12-13(5-10(17(23)24-4)6-14(12)26-18)25-11-8-20-15(21-9-11)16(22)19-3/h5-6,8-9H,7H2,1-4H3,(H,19,22). The zero-order chi connectivity index (χ0) is 18.9. The van der Waals surface area contributed by atoms with Gasteiger partial charge in [0, 0.05) is 19.0 Å². The van der Waals surface area contributed by atoms with E-state index in [2.05, 4.69) is 15.3 Å². The van der Waals surface area contributed by atoms with Gasteiger partial charge < -0.3 is 19.5 Å². The van der Waals surface area contributed by atoms with Crippen LogP contribution in [0.2, 0.25) is 0 Å². The summed E-state index contributed by atoms with van der Waals surface area (Å²) >= 11 is 0. The van der Waals surface area contributed by atoms with E-state index in [1.807, 2.05) is 13.8 Å². The Hall–Kier alpha value is -3.16. The number of carbonyl (C=O) groups is 2. The highest BCUT2D eigenvalue weighted by molar-refractivity contribution is 5.91. The Morgan fingerprint density at radius 3 is 2.54 bits per heavy atom. The zero-order valence-electron chi connectivity index (χ0n) is 15.0. The van der Waals surface area contributed by atoms with Gasteiger partial charge in [0.25, 0.3) is 5.91 Å². The number of aromatic nitrogens is 2. The second-order valence-corrected chi connectivity index (χ2v) is 6.40. The molecular weight excluding hydrogens is 338 g/mol. The van der Waals surface area contributed by atoms with Gasteiger partial charge in [-0.25, -0.2) is 14.8 Å². The number of carbonyl (C=O) groups excluding carboxylic acids is 2. The fourth-order valence-electron chi connectivity index (χ4n) is 2.70. The molecule has 1 aromatic heterocycles. The van der Waals surface area contributed by atoms with E-state index in [4.69, 9.17) is 14.2 Å². The van der Waals surface area contributed by atoms with E-state index in [1.54, 1.807) is 12.1 Å². The van der Waals surface area contributed by atoms with Gasteiger partial charge in [-0.05, 0) is 26.0 Å². The summed E-state index contributed by atoms with van der Waals surface area (Å²) in [6.07, 6.45) is 3.42. The topological polar surface area (TPSA) is 99.6 Å². The molecule has 1 aromatic carbocycles. The molecule has 0 atom stereocenters. The monoisotopic (exact) mass is 357 g/mol. The Labute approximate surface area is 150 Å². The Bertz CT molecular complexity index is 862. The minimum Gasteiger partial charge on any atom is -0.487 e. The molecule has 0 radical (unpaired) electrons. The summed E-state index contributed by atoms with van der Waals surface area (Å²) in [4.78, 5) is 31.4. The van der Waals surface area contributed by atoms with Crippen molar-refractivity contribution in [3.63, 3.8) is 0 Å². The van der Waals surface area contributed by atoms with Crippen LogP contribution in [0.4, 0.5) is 0 Å². The Kier molecular flexibility index (Phi) is 4.50. The van der Waals surface area contributed by atoms with Crippen molar-refractivity contribution in [3.8, 4) is 17.2 Å². The van der Waals surface area contributed by atoms with Crippen LogP contribution in [0.1, 0.15) is 40.4 Å². The number of nitrogens with zero attached hydrogens (tertiary/aromatic N) is 2. The summed E-state index contributed by atoms with van der Waals surface area (Å²) in [5.41, 5.74) is 0.759. The summed E-state index contributed by atoms with van der Waals surface area (Å²) in [6, 6.07) is 3.25. The van der Waals surface area contributed by atoms with Crippen molar-refractivity contribution in [2.45, 2.75) is 25.9 Å². The summed E-state index contributed by atoms with van der Waals surface area (Å²) in [5.74, 6) is 0.544. The fourth-order valence-corrected chi connectivity index (χ4v) is 2.70. The molecule has 136 valence electrons. The first-order valence-electron chi connectivity index (χ1n) is 7.99. The normalized spacial score (nSPS) is 14.2. The highest BCUT2D eigenvalue weighted by atomic mass is 16.5. The molecule has 8 nitrogen and oxygen atoms in total. The maximum Gasteiger partial charge on any atom is 0.338 e. The Morgan fingerprint density at radius 1 is 1.23 bits per heavy atom. The molecule has 26 heavy (non-hydrogen) atoms. The van der Waals surface area contributed by atoms with Crippen LogP contribution in [0.25, 0.3) is 0 Å².